The molecule has 4 nitrogen and oxygen atoms in total. The number of carbonyl (C=O) groups is 1. The Morgan fingerprint density at radius 3 is 2.63 bits per heavy atom. The highest BCUT2D eigenvalue weighted by Gasteiger charge is 2.28. The van der Waals surface area contributed by atoms with Crippen LogP contribution in [0.4, 0.5) is 0 Å². The van der Waals surface area contributed by atoms with Crippen LogP contribution in [0.3, 0.4) is 0 Å². The minimum Gasteiger partial charge on any atom is -0.342 e. The normalized spacial score (nSPS) is 24.7. The van der Waals surface area contributed by atoms with Crippen molar-refractivity contribution in [3.63, 3.8) is 0 Å². The summed E-state index contributed by atoms with van der Waals surface area (Å²) in [5.41, 5.74) is 0. The lowest BCUT2D eigenvalue weighted by molar-refractivity contribution is -0.133. The van der Waals surface area contributed by atoms with Crippen molar-refractivity contribution < 1.29 is 4.79 Å². The average molecular weight is 269 g/mol. The lowest BCUT2D eigenvalue weighted by atomic mass is 9.90. The Hall–Kier alpha value is -0.610. The van der Waals surface area contributed by atoms with Crippen LogP contribution in [0.25, 0.3) is 0 Å². The molecule has 1 aliphatic heterocycles. The highest BCUT2D eigenvalue weighted by Crippen LogP contribution is 2.20. The van der Waals surface area contributed by atoms with E-state index in [1.165, 1.54) is 6.42 Å². The van der Waals surface area contributed by atoms with Gasteiger partial charge in [0, 0.05) is 32.2 Å². The van der Waals surface area contributed by atoms with Crippen LogP contribution < -0.4 is 5.32 Å². The maximum absolute atomic E-state index is 12.1. The van der Waals surface area contributed by atoms with E-state index >= 15 is 0 Å². The van der Waals surface area contributed by atoms with Crippen molar-refractivity contribution in [3.05, 3.63) is 0 Å². The Morgan fingerprint density at radius 1 is 1.42 bits per heavy atom. The van der Waals surface area contributed by atoms with Crippen molar-refractivity contribution in [2.75, 3.05) is 33.2 Å². The quantitative estimate of drug-likeness (QED) is 0.795. The van der Waals surface area contributed by atoms with Gasteiger partial charge in [-0.1, -0.05) is 20.3 Å². The maximum atomic E-state index is 12.1. The van der Waals surface area contributed by atoms with Crippen LogP contribution >= 0.6 is 0 Å². The molecule has 1 rings (SSSR count). The smallest absolute Gasteiger partial charge is 0.236 e. The number of nitrogens with one attached hydrogen (secondary N) is 1. The number of carbonyl (C=O) groups excluding carboxylic acids is 1. The number of likely N-dealkylation sites (tertiary alicyclic amines) is 1. The summed E-state index contributed by atoms with van der Waals surface area (Å²) in [5, 5.41) is 3.58. The van der Waals surface area contributed by atoms with Gasteiger partial charge in [0.1, 0.15) is 0 Å². The highest BCUT2D eigenvalue weighted by molar-refractivity contribution is 5.78. The second kappa shape index (κ2) is 7.85. The molecule has 0 bridgehead atoms. The van der Waals surface area contributed by atoms with Crippen molar-refractivity contribution in [2.45, 2.75) is 52.6 Å². The third kappa shape index (κ3) is 4.77. The predicted octanol–water partition coefficient (Wildman–Crippen LogP) is 1.56. The van der Waals surface area contributed by atoms with Gasteiger partial charge in [0.2, 0.25) is 5.91 Å². The molecule has 1 N–H and O–H groups in total. The van der Waals surface area contributed by atoms with E-state index < -0.39 is 0 Å². The van der Waals surface area contributed by atoms with Crippen LogP contribution in [0.2, 0.25) is 0 Å². The Bertz CT molecular complexity index is 281. The van der Waals surface area contributed by atoms with E-state index in [9.17, 15) is 4.79 Å². The van der Waals surface area contributed by atoms with Gasteiger partial charge in [0.25, 0.3) is 0 Å². The molecule has 0 aromatic heterocycles. The van der Waals surface area contributed by atoms with Crippen LogP contribution in [0.5, 0.6) is 0 Å². The van der Waals surface area contributed by atoms with E-state index in [2.05, 4.69) is 37.9 Å². The summed E-state index contributed by atoms with van der Waals surface area (Å²) in [5.74, 6) is 0.914. The van der Waals surface area contributed by atoms with Gasteiger partial charge in [-0.05, 0) is 32.7 Å². The Kier molecular flexibility index (Phi) is 6.80. The minimum absolute atomic E-state index is 0.242. The first-order chi connectivity index (χ1) is 8.99. The van der Waals surface area contributed by atoms with E-state index in [0.29, 0.717) is 18.5 Å². The monoisotopic (exact) mass is 269 g/mol. The zero-order valence-electron chi connectivity index (χ0n) is 13.3. The van der Waals surface area contributed by atoms with Crippen LogP contribution in [0.15, 0.2) is 0 Å². The highest BCUT2D eigenvalue weighted by atomic mass is 16.2. The molecular weight excluding hydrogens is 238 g/mol. The molecule has 1 amide bonds. The minimum atomic E-state index is 0.242. The molecule has 0 aliphatic carbocycles. The van der Waals surface area contributed by atoms with Crippen LogP contribution in [0.1, 0.15) is 40.5 Å². The topological polar surface area (TPSA) is 35.6 Å². The zero-order valence-corrected chi connectivity index (χ0v) is 13.3. The summed E-state index contributed by atoms with van der Waals surface area (Å²) < 4.78 is 0. The third-order valence-electron chi connectivity index (χ3n) is 4.34. The first kappa shape index (κ1) is 16.4. The van der Waals surface area contributed by atoms with Crippen molar-refractivity contribution in [1.29, 1.82) is 0 Å². The van der Waals surface area contributed by atoms with Crippen molar-refractivity contribution in [1.82, 2.24) is 15.1 Å². The summed E-state index contributed by atoms with van der Waals surface area (Å²) in [6.07, 6.45) is 2.34. The Morgan fingerprint density at radius 2 is 2.11 bits per heavy atom. The number of hydrogen-bond donors (Lipinski definition) is 1. The molecule has 1 aliphatic rings. The fraction of sp³-hybridized carbons (Fsp3) is 0.933. The van der Waals surface area contributed by atoms with Crippen molar-refractivity contribution in [2.24, 2.45) is 5.92 Å². The molecule has 1 saturated heterocycles. The van der Waals surface area contributed by atoms with E-state index in [-0.39, 0.29) is 11.9 Å². The number of hydrogen-bond acceptors (Lipinski definition) is 3. The maximum Gasteiger partial charge on any atom is 0.236 e. The molecule has 0 aromatic carbocycles. The lowest BCUT2D eigenvalue weighted by Crippen LogP contribution is -2.51. The fourth-order valence-electron chi connectivity index (χ4n) is 2.79. The lowest BCUT2D eigenvalue weighted by Gasteiger charge is -2.39. The van der Waals surface area contributed by atoms with Crippen molar-refractivity contribution in [3.8, 4) is 0 Å². The van der Waals surface area contributed by atoms with Gasteiger partial charge in [0.05, 0.1) is 6.54 Å². The first-order valence-corrected chi connectivity index (χ1v) is 7.70. The summed E-state index contributed by atoms with van der Waals surface area (Å²) in [6.45, 7) is 12.2. The standard InChI is InChI=1S/C15H31N3O/c1-6-13-10-18(9-8-14(13)16-7-2)11-15(19)17(5)12(3)4/h12-14,16H,6-11H2,1-5H3. The largest absolute Gasteiger partial charge is 0.342 e. The summed E-state index contributed by atoms with van der Waals surface area (Å²) in [7, 11) is 1.90. The average Bonchev–Trinajstić information content (AvgIpc) is 2.39. The van der Waals surface area contributed by atoms with Gasteiger partial charge >= 0.3 is 0 Å². The molecule has 4 heteroatoms. The molecule has 1 fully saturated rings. The second-order valence-corrected chi connectivity index (χ2v) is 5.95. The summed E-state index contributed by atoms with van der Waals surface area (Å²) in [6, 6.07) is 0.915. The molecule has 19 heavy (non-hydrogen) atoms. The third-order valence-corrected chi connectivity index (χ3v) is 4.34. The number of amides is 1. The van der Waals surface area contributed by atoms with E-state index in [4.69, 9.17) is 0 Å². The molecule has 112 valence electrons. The molecule has 0 spiro atoms. The number of rotatable bonds is 6. The van der Waals surface area contributed by atoms with E-state index in [1.807, 2.05) is 11.9 Å². The Labute approximate surface area is 118 Å². The van der Waals surface area contributed by atoms with Crippen molar-refractivity contribution >= 4 is 5.91 Å². The molecule has 0 aromatic rings. The number of piperidine rings is 1. The second-order valence-electron chi connectivity index (χ2n) is 5.95. The molecule has 2 unspecified atom stereocenters. The number of likely N-dealkylation sites (N-methyl/N-ethyl adjacent to an activating group) is 1. The van der Waals surface area contributed by atoms with Gasteiger partial charge in [-0.2, -0.15) is 0 Å². The molecule has 1 heterocycles. The summed E-state index contributed by atoms with van der Waals surface area (Å²) in [4.78, 5) is 16.3. The summed E-state index contributed by atoms with van der Waals surface area (Å²) >= 11 is 0. The van der Waals surface area contributed by atoms with Gasteiger partial charge < -0.3 is 10.2 Å². The molecule has 2 atom stereocenters. The van der Waals surface area contributed by atoms with E-state index in [0.717, 1.165) is 26.1 Å². The number of nitrogens with zero attached hydrogens (tertiary/aromatic N) is 2. The first-order valence-electron chi connectivity index (χ1n) is 7.70. The van der Waals surface area contributed by atoms with Gasteiger partial charge in [0.15, 0.2) is 0 Å². The molecular formula is C15H31N3O. The Balaban J connectivity index is 2.47. The van der Waals surface area contributed by atoms with Gasteiger partial charge in [-0.15, -0.1) is 0 Å². The van der Waals surface area contributed by atoms with Crippen LogP contribution in [0, 0.1) is 5.92 Å². The van der Waals surface area contributed by atoms with Crippen LogP contribution in [-0.4, -0.2) is 61.0 Å². The SMILES string of the molecule is CCNC1CCN(CC(=O)N(C)C(C)C)CC1CC. The van der Waals surface area contributed by atoms with Gasteiger partial charge in [-0.3, -0.25) is 9.69 Å². The fourth-order valence-corrected chi connectivity index (χ4v) is 2.79. The molecule has 0 saturated carbocycles. The van der Waals surface area contributed by atoms with Gasteiger partial charge in [-0.25, -0.2) is 0 Å². The van der Waals surface area contributed by atoms with Crippen LogP contribution in [-0.2, 0) is 4.79 Å². The predicted molar refractivity (Wildman–Crippen MR) is 80.2 cm³/mol. The zero-order chi connectivity index (χ0) is 14.4. The molecule has 0 radical (unpaired) electrons. The van der Waals surface area contributed by atoms with E-state index in [1.54, 1.807) is 0 Å².